The van der Waals surface area contributed by atoms with Crippen molar-refractivity contribution in [2.45, 2.75) is 32.2 Å². The average molecular weight is 373 g/mol. The number of carbonyl (C=O) groups excluding carboxylic acids is 1. The quantitative estimate of drug-likeness (QED) is 0.876. The lowest BCUT2D eigenvalue weighted by atomic mass is 9.76. The number of aromatic nitrogens is 1. The van der Waals surface area contributed by atoms with Gasteiger partial charge in [0, 0.05) is 25.2 Å². The number of piperidine rings is 1. The third kappa shape index (κ3) is 2.99. The lowest BCUT2D eigenvalue weighted by molar-refractivity contribution is -0.141. The van der Waals surface area contributed by atoms with Crippen LogP contribution in [0.4, 0.5) is 0 Å². The van der Waals surface area contributed by atoms with Gasteiger partial charge in [-0.25, -0.2) is 4.98 Å². The minimum atomic E-state index is -0.740. The molecule has 2 saturated heterocycles. The third-order valence-electron chi connectivity index (χ3n) is 5.88. The molecule has 2 aromatic rings. The van der Waals surface area contributed by atoms with Gasteiger partial charge in [-0.1, -0.05) is 0 Å². The second-order valence-corrected chi connectivity index (χ2v) is 8.92. The normalized spacial score (nSPS) is 23.0. The van der Waals surface area contributed by atoms with Crippen molar-refractivity contribution in [3.63, 3.8) is 0 Å². The highest BCUT2D eigenvalue weighted by atomic mass is 32.1. The van der Waals surface area contributed by atoms with Crippen molar-refractivity contribution in [1.29, 1.82) is 0 Å². The summed E-state index contributed by atoms with van der Waals surface area (Å²) in [5.74, 6) is -0.676. The Morgan fingerprint density at radius 1 is 1.31 bits per heavy atom. The first-order chi connectivity index (χ1) is 12.4. The predicted molar refractivity (Wildman–Crippen MR) is 101 cm³/mol. The van der Waals surface area contributed by atoms with Gasteiger partial charge in [-0.05, 0) is 56.8 Å². The summed E-state index contributed by atoms with van der Waals surface area (Å²) in [6, 6.07) is 5.32. The Balaban J connectivity index is 1.45. The SMILES string of the molecule is Cc1nc2ccc(C(=O)N3CCC4(CC3)CC(C(=O)O)N(C)C4)cc2s1. The van der Waals surface area contributed by atoms with Crippen molar-refractivity contribution >= 4 is 33.4 Å². The van der Waals surface area contributed by atoms with Crippen LogP contribution in [0.1, 0.15) is 34.6 Å². The first-order valence-corrected chi connectivity index (χ1v) is 9.78. The van der Waals surface area contributed by atoms with E-state index in [-0.39, 0.29) is 11.3 Å². The van der Waals surface area contributed by atoms with Gasteiger partial charge in [0.05, 0.1) is 15.2 Å². The highest BCUT2D eigenvalue weighted by molar-refractivity contribution is 7.18. The van der Waals surface area contributed by atoms with E-state index in [2.05, 4.69) is 4.98 Å². The van der Waals surface area contributed by atoms with Crippen LogP contribution in [0.25, 0.3) is 10.2 Å². The molecule has 2 aliphatic heterocycles. The summed E-state index contributed by atoms with van der Waals surface area (Å²) >= 11 is 1.61. The number of carbonyl (C=O) groups is 2. The molecule has 2 aliphatic rings. The van der Waals surface area contributed by atoms with E-state index in [4.69, 9.17) is 0 Å². The molecule has 3 heterocycles. The van der Waals surface area contributed by atoms with E-state index in [1.165, 1.54) is 0 Å². The molecule has 1 aromatic carbocycles. The zero-order valence-electron chi connectivity index (χ0n) is 15.1. The number of fused-ring (bicyclic) bond motifs is 1. The van der Waals surface area contributed by atoms with Crippen LogP contribution in [0.2, 0.25) is 0 Å². The number of amides is 1. The Morgan fingerprint density at radius 3 is 2.69 bits per heavy atom. The molecule has 2 fully saturated rings. The Hall–Kier alpha value is -1.99. The van der Waals surface area contributed by atoms with E-state index in [0.717, 1.165) is 34.6 Å². The molecule has 0 aliphatic carbocycles. The average Bonchev–Trinajstić information content (AvgIpc) is 3.13. The van der Waals surface area contributed by atoms with Crippen molar-refractivity contribution in [1.82, 2.24) is 14.8 Å². The highest BCUT2D eigenvalue weighted by Crippen LogP contribution is 2.43. The van der Waals surface area contributed by atoms with Crippen LogP contribution in [-0.4, -0.2) is 64.5 Å². The number of hydrogen-bond donors (Lipinski definition) is 1. The molecule has 1 spiro atoms. The number of thiazole rings is 1. The van der Waals surface area contributed by atoms with Crippen LogP contribution in [0.5, 0.6) is 0 Å². The van der Waals surface area contributed by atoms with Gasteiger partial charge in [0.1, 0.15) is 6.04 Å². The van der Waals surface area contributed by atoms with Crippen LogP contribution < -0.4 is 0 Å². The first-order valence-electron chi connectivity index (χ1n) is 8.96. The fraction of sp³-hybridized carbons (Fsp3) is 0.526. The number of rotatable bonds is 2. The zero-order chi connectivity index (χ0) is 18.5. The van der Waals surface area contributed by atoms with Gasteiger partial charge in [0.2, 0.25) is 0 Å². The van der Waals surface area contributed by atoms with E-state index in [1.807, 2.05) is 42.0 Å². The Bertz CT molecular complexity index is 870. The van der Waals surface area contributed by atoms with Crippen molar-refractivity contribution in [3.05, 3.63) is 28.8 Å². The number of likely N-dealkylation sites (N-methyl/N-ethyl adjacent to an activating group) is 1. The Morgan fingerprint density at radius 2 is 2.04 bits per heavy atom. The summed E-state index contributed by atoms with van der Waals surface area (Å²) in [5.41, 5.74) is 1.69. The molecular weight excluding hydrogens is 350 g/mol. The maximum Gasteiger partial charge on any atom is 0.320 e. The molecule has 7 heteroatoms. The number of benzene rings is 1. The minimum absolute atomic E-state index is 0.0350. The van der Waals surface area contributed by atoms with E-state index in [1.54, 1.807) is 11.3 Å². The Labute approximate surface area is 156 Å². The summed E-state index contributed by atoms with van der Waals surface area (Å²) < 4.78 is 1.04. The molecule has 26 heavy (non-hydrogen) atoms. The molecule has 1 unspecified atom stereocenters. The summed E-state index contributed by atoms with van der Waals surface area (Å²) in [7, 11) is 1.89. The lowest BCUT2D eigenvalue weighted by Crippen LogP contribution is -2.44. The number of nitrogens with zero attached hydrogens (tertiary/aromatic N) is 3. The number of carboxylic acids is 1. The monoisotopic (exact) mass is 373 g/mol. The van der Waals surface area contributed by atoms with Crippen molar-refractivity contribution in [2.75, 3.05) is 26.7 Å². The molecule has 0 saturated carbocycles. The van der Waals surface area contributed by atoms with Gasteiger partial charge in [-0.3, -0.25) is 14.5 Å². The van der Waals surface area contributed by atoms with Crippen LogP contribution in [0.3, 0.4) is 0 Å². The zero-order valence-corrected chi connectivity index (χ0v) is 15.9. The highest BCUT2D eigenvalue weighted by Gasteiger charge is 2.47. The van der Waals surface area contributed by atoms with Crippen molar-refractivity contribution in [2.24, 2.45) is 5.41 Å². The topological polar surface area (TPSA) is 73.7 Å². The van der Waals surface area contributed by atoms with E-state index in [9.17, 15) is 14.7 Å². The largest absolute Gasteiger partial charge is 0.480 e. The van der Waals surface area contributed by atoms with Crippen molar-refractivity contribution in [3.8, 4) is 0 Å². The van der Waals surface area contributed by atoms with Crippen LogP contribution >= 0.6 is 11.3 Å². The standard InChI is InChI=1S/C19H23N3O3S/c1-12-20-14-4-3-13(9-16(14)26-12)17(23)22-7-5-19(6-8-22)10-15(18(24)25)21(2)11-19/h3-4,9,15H,5-8,10-11H2,1-2H3,(H,24,25). The molecule has 1 N–H and O–H groups in total. The molecule has 1 atom stereocenters. The minimum Gasteiger partial charge on any atom is -0.480 e. The maximum atomic E-state index is 12.9. The number of carboxylic acid groups (broad SMARTS) is 1. The fourth-order valence-corrected chi connectivity index (χ4v) is 5.31. The van der Waals surface area contributed by atoms with Crippen LogP contribution in [0.15, 0.2) is 18.2 Å². The molecule has 1 amide bonds. The smallest absolute Gasteiger partial charge is 0.320 e. The second-order valence-electron chi connectivity index (χ2n) is 7.68. The Kier molecular flexibility index (Phi) is 4.23. The summed E-state index contributed by atoms with van der Waals surface area (Å²) in [5, 5.41) is 10.4. The van der Waals surface area contributed by atoms with E-state index in [0.29, 0.717) is 25.1 Å². The lowest BCUT2D eigenvalue weighted by Gasteiger charge is -2.39. The van der Waals surface area contributed by atoms with Gasteiger partial charge in [0.25, 0.3) is 5.91 Å². The van der Waals surface area contributed by atoms with Crippen LogP contribution in [0, 0.1) is 12.3 Å². The van der Waals surface area contributed by atoms with E-state index < -0.39 is 12.0 Å². The molecule has 1 aromatic heterocycles. The predicted octanol–water partition coefficient (Wildman–Crippen LogP) is 2.62. The number of hydrogen-bond acceptors (Lipinski definition) is 5. The molecule has 0 bridgehead atoms. The van der Waals surface area contributed by atoms with Crippen molar-refractivity contribution < 1.29 is 14.7 Å². The van der Waals surface area contributed by atoms with Gasteiger partial charge in [-0.2, -0.15) is 0 Å². The molecule has 0 radical (unpaired) electrons. The van der Waals surface area contributed by atoms with Gasteiger partial charge in [0.15, 0.2) is 0 Å². The van der Waals surface area contributed by atoms with Gasteiger partial charge < -0.3 is 10.0 Å². The molecule has 138 valence electrons. The maximum absolute atomic E-state index is 12.9. The van der Waals surface area contributed by atoms with Crippen LogP contribution in [-0.2, 0) is 4.79 Å². The first kappa shape index (κ1) is 17.4. The second kappa shape index (κ2) is 6.32. The van der Waals surface area contributed by atoms with E-state index >= 15 is 0 Å². The molecular formula is C19H23N3O3S. The number of aryl methyl sites for hydroxylation is 1. The summed E-state index contributed by atoms with van der Waals surface area (Å²) in [6.45, 7) is 4.16. The van der Waals surface area contributed by atoms with Gasteiger partial charge in [-0.15, -0.1) is 11.3 Å². The molecule has 4 rings (SSSR count). The molecule has 6 nitrogen and oxygen atoms in total. The van der Waals surface area contributed by atoms with Gasteiger partial charge >= 0.3 is 5.97 Å². The summed E-state index contributed by atoms with van der Waals surface area (Å²) in [4.78, 5) is 32.6. The number of aliphatic carboxylic acids is 1. The third-order valence-corrected chi connectivity index (χ3v) is 6.82. The summed E-state index contributed by atoms with van der Waals surface area (Å²) in [6.07, 6.45) is 2.43. The fourth-order valence-electron chi connectivity index (χ4n) is 4.45. The number of likely N-dealkylation sites (tertiary alicyclic amines) is 2.